The highest BCUT2D eigenvalue weighted by Gasteiger charge is 2.08. The topological polar surface area (TPSA) is 22.0 Å². The Morgan fingerprint density at radius 1 is 0.944 bits per heavy atom. The minimum absolute atomic E-state index is 0.124. The third-order valence-corrected chi connectivity index (χ3v) is 3.65. The van der Waals surface area contributed by atoms with Crippen molar-refractivity contribution in [1.29, 1.82) is 0 Å². The Morgan fingerprint density at radius 3 is 1.94 bits per heavy atom. The average Bonchev–Trinajstić information content (AvgIpc) is 2.43. The van der Waals surface area contributed by atoms with E-state index in [1.807, 2.05) is 48.5 Å². The molecule has 1 aromatic heterocycles. The molecule has 3 rings (SSSR count). The van der Waals surface area contributed by atoms with E-state index in [1.54, 1.807) is 11.8 Å². The Bertz CT molecular complexity index is 716. The zero-order chi connectivity index (χ0) is 12.5. The van der Waals surface area contributed by atoms with E-state index in [1.165, 1.54) is 0 Å². The summed E-state index contributed by atoms with van der Waals surface area (Å²) in [6.07, 6.45) is 2.07. The van der Waals surface area contributed by atoms with Gasteiger partial charge in [-0.25, -0.2) is 0 Å². The van der Waals surface area contributed by atoms with Crippen molar-refractivity contribution in [3.05, 3.63) is 58.8 Å². The van der Waals surface area contributed by atoms with Crippen LogP contribution in [0, 0.1) is 0 Å². The van der Waals surface area contributed by atoms with Crippen molar-refractivity contribution in [1.82, 2.24) is 4.57 Å². The molecule has 0 bridgehead atoms. The molecule has 18 heavy (non-hydrogen) atoms. The molecule has 0 spiro atoms. The van der Waals surface area contributed by atoms with Crippen molar-refractivity contribution in [3.8, 4) is 0 Å². The van der Waals surface area contributed by atoms with Crippen LogP contribution in [0.15, 0.2) is 53.3 Å². The van der Waals surface area contributed by atoms with Gasteiger partial charge in [-0.05, 0) is 30.5 Å². The lowest BCUT2D eigenvalue weighted by molar-refractivity contribution is 0.976. The van der Waals surface area contributed by atoms with Gasteiger partial charge < -0.3 is 4.57 Å². The smallest absolute Gasteiger partial charge is 0.197 e. The van der Waals surface area contributed by atoms with Gasteiger partial charge in [0.05, 0.1) is 16.9 Å². The number of benzene rings is 2. The van der Waals surface area contributed by atoms with Crippen LogP contribution in [0.1, 0.15) is 0 Å². The number of thioether (sulfide) groups is 1. The molecule has 0 aliphatic heterocycles. The number of hydrogen-bond acceptors (Lipinski definition) is 2. The molecule has 0 N–H and O–H groups in total. The molecule has 0 saturated heterocycles. The number of hydrogen-bond donors (Lipinski definition) is 0. The fraction of sp³-hybridized carbons (Fsp3) is 0.133. The Balaban J connectivity index is 2.58. The molecule has 1 heterocycles. The van der Waals surface area contributed by atoms with Gasteiger partial charge in [-0.1, -0.05) is 24.3 Å². The van der Waals surface area contributed by atoms with E-state index in [9.17, 15) is 4.79 Å². The highest BCUT2D eigenvalue weighted by Crippen LogP contribution is 2.20. The molecule has 2 aromatic carbocycles. The van der Waals surface area contributed by atoms with Crippen LogP contribution in [-0.4, -0.2) is 10.8 Å². The summed E-state index contributed by atoms with van der Waals surface area (Å²) in [5, 5.41) is 1.59. The summed E-state index contributed by atoms with van der Waals surface area (Å²) in [4.78, 5) is 12.4. The third kappa shape index (κ3) is 1.63. The minimum atomic E-state index is 0.124. The molecule has 0 aliphatic carbocycles. The van der Waals surface area contributed by atoms with Crippen LogP contribution in [0.3, 0.4) is 0 Å². The van der Waals surface area contributed by atoms with E-state index < -0.39 is 0 Å². The molecule has 0 fully saturated rings. The van der Waals surface area contributed by atoms with Gasteiger partial charge in [-0.3, -0.25) is 4.79 Å². The van der Waals surface area contributed by atoms with Gasteiger partial charge in [-0.15, -0.1) is 11.8 Å². The Morgan fingerprint density at radius 2 is 1.44 bits per heavy atom. The summed E-state index contributed by atoms with van der Waals surface area (Å²) in [5.74, 6) is 0.849. The van der Waals surface area contributed by atoms with Gasteiger partial charge in [0, 0.05) is 10.8 Å². The average molecular weight is 255 g/mol. The monoisotopic (exact) mass is 255 g/mol. The Hall–Kier alpha value is -1.74. The van der Waals surface area contributed by atoms with Crippen LogP contribution in [0.2, 0.25) is 0 Å². The van der Waals surface area contributed by atoms with Crippen LogP contribution in [0.4, 0.5) is 0 Å². The molecular formula is C15H13NOS. The van der Waals surface area contributed by atoms with Gasteiger partial charge in [0.15, 0.2) is 5.43 Å². The van der Waals surface area contributed by atoms with Gasteiger partial charge in [0.1, 0.15) is 0 Å². The summed E-state index contributed by atoms with van der Waals surface area (Å²) in [6, 6.07) is 15.6. The zero-order valence-corrected chi connectivity index (χ0v) is 10.9. The van der Waals surface area contributed by atoms with Gasteiger partial charge in [0.2, 0.25) is 0 Å². The van der Waals surface area contributed by atoms with E-state index in [4.69, 9.17) is 0 Å². The summed E-state index contributed by atoms with van der Waals surface area (Å²) in [5.41, 5.74) is 2.14. The molecule has 0 atom stereocenters. The van der Waals surface area contributed by atoms with E-state index in [2.05, 4.69) is 10.8 Å². The third-order valence-electron chi connectivity index (χ3n) is 3.14. The van der Waals surface area contributed by atoms with Crippen molar-refractivity contribution in [3.63, 3.8) is 0 Å². The van der Waals surface area contributed by atoms with Crippen molar-refractivity contribution in [2.45, 2.75) is 5.88 Å². The van der Waals surface area contributed by atoms with E-state index in [-0.39, 0.29) is 5.43 Å². The molecule has 0 unspecified atom stereocenters. The Labute approximate surface area is 109 Å². The number of pyridine rings is 1. The minimum Gasteiger partial charge on any atom is -0.330 e. The maximum absolute atomic E-state index is 12.4. The Kier molecular flexibility index (Phi) is 2.84. The molecule has 3 aromatic rings. The summed E-state index contributed by atoms with van der Waals surface area (Å²) in [6.45, 7) is 0. The largest absolute Gasteiger partial charge is 0.330 e. The molecule has 0 aliphatic rings. The second-order valence-corrected chi connectivity index (χ2v) is 5.04. The standard InChI is InChI=1S/C15H13NOS/c1-18-10-16-13-8-4-2-6-11(13)15(17)12-7-3-5-9-14(12)16/h2-9H,10H2,1H3. The van der Waals surface area contributed by atoms with Crippen LogP contribution >= 0.6 is 11.8 Å². The summed E-state index contributed by atoms with van der Waals surface area (Å²) >= 11 is 1.75. The van der Waals surface area contributed by atoms with Gasteiger partial charge >= 0.3 is 0 Å². The second kappa shape index (κ2) is 4.50. The lowest BCUT2D eigenvalue weighted by atomic mass is 10.1. The molecular weight excluding hydrogens is 242 g/mol. The number of aromatic nitrogens is 1. The number of rotatable bonds is 2. The van der Waals surface area contributed by atoms with Crippen molar-refractivity contribution < 1.29 is 0 Å². The fourth-order valence-corrected chi connectivity index (χ4v) is 2.88. The number of fused-ring (bicyclic) bond motifs is 2. The first-order valence-corrected chi connectivity index (χ1v) is 7.21. The summed E-state index contributed by atoms with van der Waals surface area (Å²) in [7, 11) is 0. The zero-order valence-electron chi connectivity index (χ0n) is 10.1. The van der Waals surface area contributed by atoms with Crippen molar-refractivity contribution in [2.75, 3.05) is 6.26 Å². The highest BCUT2D eigenvalue weighted by atomic mass is 32.2. The van der Waals surface area contributed by atoms with Crippen molar-refractivity contribution >= 4 is 33.6 Å². The first kappa shape index (κ1) is 11.4. The molecule has 0 radical (unpaired) electrons. The molecule has 90 valence electrons. The molecule has 2 nitrogen and oxygen atoms in total. The second-order valence-electron chi connectivity index (χ2n) is 4.21. The number of para-hydroxylation sites is 2. The van der Waals surface area contributed by atoms with Crippen LogP contribution in [0.25, 0.3) is 21.8 Å². The van der Waals surface area contributed by atoms with E-state index >= 15 is 0 Å². The number of nitrogens with zero attached hydrogens (tertiary/aromatic N) is 1. The van der Waals surface area contributed by atoms with Crippen LogP contribution < -0.4 is 5.43 Å². The normalized spacial score (nSPS) is 11.2. The summed E-state index contributed by atoms with van der Waals surface area (Å²) < 4.78 is 2.21. The lowest BCUT2D eigenvalue weighted by Gasteiger charge is -2.13. The maximum Gasteiger partial charge on any atom is 0.197 e. The fourth-order valence-electron chi connectivity index (χ4n) is 2.35. The van der Waals surface area contributed by atoms with Crippen LogP contribution in [0.5, 0.6) is 0 Å². The molecule has 3 heteroatoms. The lowest BCUT2D eigenvalue weighted by Crippen LogP contribution is -2.10. The predicted octanol–water partition coefficient (Wildman–Crippen LogP) is 3.48. The highest BCUT2D eigenvalue weighted by molar-refractivity contribution is 7.97. The maximum atomic E-state index is 12.4. The van der Waals surface area contributed by atoms with Gasteiger partial charge in [-0.2, -0.15) is 0 Å². The van der Waals surface area contributed by atoms with Gasteiger partial charge in [0.25, 0.3) is 0 Å². The molecule has 0 saturated carbocycles. The van der Waals surface area contributed by atoms with Crippen molar-refractivity contribution in [2.24, 2.45) is 0 Å². The quantitative estimate of drug-likeness (QED) is 0.654. The van der Waals surface area contributed by atoms with E-state index in [0.29, 0.717) is 0 Å². The first-order chi connectivity index (χ1) is 8.83. The predicted molar refractivity (Wildman–Crippen MR) is 79.2 cm³/mol. The van der Waals surface area contributed by atoms with E-state index in [0.717, 1.165) is 27.7 Å². The van der Waals surface area contributed by atoms with Crippen LogP contribution in [-0.2, 0) is 5.88 Å². The molecule has 0 amide bonds. The first-order valence-electron chi connectivity index (χ1n) is 5.82. The SMILES string of the molecule is CSCn1c2ccccc2c(=O)c2ccccc21.